The predicted molar refractivity (Wildman–Crippen MR) is 78.8 cm³/mol. The molecule has 1 heterocycles. The highest BCUT2D eigenvalue weighted by Crippen LogP contribution is 2.12. The van der Waals surface area contributed by atoms with Gasteiger partial charge in [0.1, 0.15) is 17.9 Å². The molecule has 0 radical (unpaired) electrons. The average Bonchev–Trinajstić information content (AvgIpc) is 2.98. The molecule has 2 aromatic rings. The lowest BCUT2D eigenvalue weighted by atomic mass is 10.2. The van der Waals surface area contributed by atoms with E-state index >= 15 is 0 Å². The van der Waals surface area contributed by atoms with Gasteiger partial charge >= 0.3 is 0 Å². The van der Waals surface area contributed by atoms with E-state index < -0.39 is 0 Å². The van der Waals surface area contributed by atoms with Crippen molar-refractivity contribution in [1.29, 1.82) is 0 Å². The fourth-order valence-electron chi connectivity index (χ4n) is 1.93. The molecule has 6 heteroatoms. The largest absolute Gasteiger partial charge is 0.494 e. The fourth-order valence-corrected chi connectivity index (χ4v) is 1.93. The summed E-state index contributed by atoms with van der Waals surface area (Å²) in [6.07, 6.45) is 2.51. The lowest BCUT2D eigenvalue weighted by Gasteiger charge is -2.11. The maximum Gasteiger partial charge on any atom is 0.220 e. The van der Waals surface area contributed by atoms with E-state index in [1.165, 1.54) is 6.33 Å². The van der Waals surface area contributed by atoms with Crippen LogP contribution in [0.15, 0.2) is 30.6 Å². The second-order valence-electron chi connectivity index (χ2n) is 4.93. The third kappa shape index (κ3) is 4.91. The van der Waals surface area contributed by atoms with Gasteiger partial charge in [-0.25, -0.2) is 4.98 Å². The normalized spacial score (nSPS) is 11.9. The zero-order chi connectivity index (χ0) is 15.1. The number of ether oxygens (including phenoxy) is 1. The maximum atomic E-state index is 11.8. The quantitative estimate of drug-likeness (QED) is 0.765. The Morgan fingerprint density at radius 3 is 3.05 bits per heavy atom. The molecule has 112 valence electrons. The van der Waals surface area contributed by atoms with Crippen LogP contribution in [0.25, 0.3) is 0 Å². The van der Waals surface area contributed by atoms with Crippen molar-refractivity contribution in [2.45, 2.75) is 32.7 Å². The van der Waals surface area contributed by atoms with Gasteiger partial charge in [0.25, 0.3) is 0 Å². The summed E-state index contributed by atoms with van der Waals surface area (Å²) in [5.74, 6) is 1.47. The Morgan fingerprint density at radius 1 is 1.48 bits per heavy atom. The van der Waals surface area contributed by atoms with Crippen molar-refractivity contribution in [1.82, 2.24) is 20.5 Å². The highest BCUT2D eigenvalue weighted by Gasteiger charge is 2.11. The Kier molecular flexibility index (Phi) is 5.31. The van der Waals surface area contributed by atoms with Crippen molar-refractivity contribution in [3.8, 4) is 5.75 Å². The molecule has 0 saturated heterocycles. The summed E-state index contributed by atoms with van der Waals surface area (Å²) < 4.78 is 5.61. The van der Waals surface area contributed by atoms with Gasteiger partial charge in [-0.2, -0.15) is 5.10 Å². The van der Waals surface area contributed by atoms with Gasteiger partial charge in [-0.3, -0.25) is 9.89 Å². The highest BCUT2D eigenvalue weighted by atomic mass is 16.5. The van der Waals surface area contributed by atoms with E-state index in [0.717, 1.165) is 11.3 Å². The summed E-state index contributed by atoms with van der Waals surface area (Å²) in [7, 11) is 0. The van der Waals surface area contributed by atoms with Crippen molar-refractivity contribution in [2.75, 3.05) is 6.61 Å². The number of amides is 1. The van der Waals surface area contributed by atoms with Gasteiger partial charge in [0.15, 0.2) is 0 Å². The number of hydrogen-bond donors (Lipinski definition) is 2. The van der Waals surface area contributed by atoms with Crippen LogP contribution in [-0.4, -0.2) is 27.7 Å². The lowest BCUT2D eigenvalue weighted by molar-refractivity contribution is -0.122. The van der Waals surface area contributed by atoms with Crippen LogP contribution in [0.2, 0.25) is 0 Å². The standard InChI is InChI=1S/C15H20N4O2/c1-11-5-3-6-13(9-11)21-8-4-7-14(20)18-12(2)15-16-10-17-19-15/h3,5-6,9-10,12H,4,7-8H2,1-2H3,(H,18,20)(H,16,17,19). The molecule has 1 amide bonds. The Morgan fingerprint density at radius 2 is 2.33 bits per heavy atom. The van der Waals surface area contributed by atoms with E-state index in [1.807, 2.05) is 38.1 Å². The van der Waals surface area contributed by atoms with Crippen LogP contribution in [0, 0.1) is 6.92 Å². The first-order chi connectivity index (χ1) is 10.1. The van der Waals surface area contributed by atoms with Crippen molar-refractivity contribution in [3.05, 3.63) is 42.0 Å². The molecule has 0 saturated carbocycles. The molecule has 21 heavy (non-hydrogen) atoms. The molecule has 0 aliphatic rings. The van der Waals surface area contributed by atoms with Crippen LogP contribution < -0.4 is 10.1 Å². The van der Waals surface area contributed by atoms with Crippen LogP contribution in [0.1, 0.15) is 37.2 Å². The zero-order valence-corrected chi connectivity index (χ0v) is 12.3. The molecular weight excluding hydrogens is 268 g/mol. The third-order valence-electron chi connectivity index (χ3n) is 3.03. The molecule has 1 atom stereocenters. The van der Waals surface area contributed by atoms with E-state index in [-0.39, 0.29) is 11.9 Å². The maximum absolute atomic E-state index is 11.8. The van der Waals surface area contributed by atoms with Gasteiger partial charge in [0.05, 0.1) is 12.6 Å². The number of hydrogen-bond acceptors (Lipinski definition) is 4. The molecule has 0 spiro atoms. The summed E-state index contributed by atoms with van der Waals surface area (Å²) >= 11 is 0. The summed E-state index contributed by atoms with van der Waals surface area (Å²) in [5.41, 5.74) is 1.16. The predicted octanol–water partition coefficient (Wildman–Crippen LogP) is 2.15. The van der Waals surface area contributed by atoms with Gasteiger partial charge in [-0.15, -0.1) is 0 Å². The molecule has 6 nitrogen and oxygen atoms in total. The topological polar surface area (TPSA) is 79.9 Å². The minimum atomic E-state index is -0.169. The van der Waals surface area contributed by atoms with Crippen LogP contribution >= 0.6 is 0 Å². The Hall–Kier alpha value is -2.37. The van der Waals surface area contributed by atoms with E-state index in [1.54, 1.807) is 0 Å². The van der Waals surface area contributed by atoms with E-state index in [4.69, 9.17) is 4.74 Å². The monoisotopic (exact) mass is 288 g/mol. The summed E-state index contributed by atoms with van der Waals surface area (Å²) in [4.78, 5) is 15.8. The second kappa shape index (κ2) is 7.42. The van der Waals surface area contributed by atoms with Gasteiger partial charge < -0.3 is 10.1 Å². The fraction of sp³-hybridized carbons (Fsp3) is 0.400. The number of nitrogens with one attached hydrogen (secondary N) is 2. The molecule has 0 fully saturated rings. The molecule has 2 rings (SSSR count). The number of carbonyl (C=O) groups is 1. The first-order valence-electron chi connectivity index (χ1n) is 6.99. The third-order valence-corrected chi connectivity index (χ3v) is 3.03. The van der Waals surface area contributed by atoms with Crippen LogP contribution in [0.4, 0.5) is 0 Å². The van der Waals surface area contributed by atoms with Gasteiger partial charge in [-0.05, 0) is 38.0 Å². The molecule has 1 aromatic carbocycles. The number of rotatable bonds is 7. The first-order valence-corrected chi connectivity index (χ1v) is 6.99. The molecule has 1 aromatic heterocycles. The number of aromatic amines is 1. The molecule has 2 N–H and O–H groups in total. The molecular formula is C15H20N4O2. The van der Waals surface area contributed by atoms with Crippen molar-refractivity contribution in [3.63, 3.8) is 0 Å². The number of aromatic nitrogens is 3. The molecule has 0 aliphatic carbocycles. The van der Waals surface area contributed by atoms with Gasteiger partial charge in [-0.1, -0.05) is 12.1 Å². The van der Waals surface area contributed by atoms with E-state index in [9.17, 15) is 4.79 Å². The molecule has 0 aliphatic heterocycles. The summed E-state index contributed by atoms with van der Waals surface area (Å²) in [6, 6.07) is 7.70. The number of benzene rings is 1. The van der Waals surface area contributed by atoms with Gasteiger partial charge in [0, 0.05) is 6.42 Å². The summed E-state index contributed by atoms with van der Waals surface area (Å²) in [6.45, 7) is 4.40. The van der Waals surface area contributed by atoms with Crippen molar-refractivity contribution >= 4 is 5.91 Å². The Balaban J connectivity index is 1.65. The minimum Gasteiger partial charge on any atom is -0.494 e. The SMILES string of the molecule is Cc1cccc(OCCCC(=O)NC(C)c2ncn[nH]2)c1. The lowest BCUT2D eigenvalue weighted by Crippen LogP contribution is -2.27. The van der Waals surface area contributed by atoms with Crippen molar-refractivity contribution in [2.24, 2.45) is 0 Å². The highest BCUT2D eigenvalue weighted by molar-refractivity contribution is 5.76. The molecule has 0 bridgehead atoms. The number of H-pyrrole nitrogens is 1. The van der Waals surface area contributed by atoms with Crippen LogP contribution in [0.5, 0.6) is 5.75 Å². The number of carbonyl (C=O) groups excluding carboxylic acids is 1. The smallest absolute Gasteiger partial charge is 0.220 e. The Bertz CT molecular complexity index is 569. The van der Waals surface area contributed by atoms with E-state index in [2.05, 4.69) is 20.5 Å². The first kappa shape index (κ1) is 15.0. The zero-order valence-electron chi connectivity index (χ0n) is 12.3. The number of nitrogens with zero attached hydrogens (tertiary/aromatic N) is 2. The second-order valence-corrected chi connectivity index (χ2v) is 4.93. The summed E-state index contributed by atoms with van der Waals surface area (Å²) in [5, 5.41) is 9.36. The van der Waals surface area contributed by atoms with Crippen molar-refractivity contribution < 1.29 is 9.53 Å². The van der Waals surface area contributed by atoms with Crippen LogP contribution in [-0.2, 0) is 4.79 Å². The Labute approximate surface area is 123 Å². The van der Waals surface area contributed by atoms with Gasteiger partial charge in [0.2, 0.25) is 5.91 Å². The van der Waals surface area contributed by atoms with E-state index in [0.29, 0.717) is 25.3 Å². The average molecular weight is 288 g/mol. The number of aryl methyl sites for hydroxylation is 1. The minimum absolute atomic E-state index is 0.0215. The molecule has 1 unspecified atom stereocenters. The van der Waals surface area contributed by atoms with Crippen LogP contribution in [0.3, 0.4) is 0 Å².